The van der Waals surface area contributed by atoms with Crippen molar-refractivity contribution < 1.29 is 31.9 Å². The Bertz CT molecular complexity index is 98.9. The van der Waals surface area contributed by atoms with E-state index in [0.29, 0.717) is 0 Å². The molecule has 0 amide bonds. The summed E-state index contributed by atoms with van der Waals surface area (Å²) in [6, 6.07) is 0. The van der Waals surface area contributed by atoms with Gasteiger partial charge in [-0.1, -0.05) is 27.7 Å². The van der Waals surface area contributed by atoms with E-state index in [1.165, 1.54) is 23.7 Å². The van der Waals surface area contributed by atoms with E-state index in [4.69, 9.17) is 0 Å². The van der Waals surface area contributed by atoms with Crippen LogP contribution in [-0.4, -0.2) is 0 Å². The topological polar surface area (TPSA) is 0 Å². The van der Waals surface area contributed by atoms with E-state index in [-0.39, 0.29) is 31.9 Å². The maximum absolute atomic E-state index is 3.91. The first-order valence-electron chi connectivity index (χ1n) is 4.41. The van der Waals surface area contributed by atoms with Gasteiger partial charge in [-0.25, -0.2) is 0 Å². The van der Waals surface area contributed by atoms with Gasteiger partial charge >= 0.3 is 19.5 Å². The minimum Gasteiger partial charge on any atom is -1.00 e. The van der Waals surface area contributed by atoms with Crippen LogP contribution in [0.4, 0.5) is 0 Å². The first-order chi connectivity index (χ1) is 5.45. The summed E-state index contributed by atoms with van der Waals surface area (Å²) in [5.41, 5.74) is 0. The van der Waals surface area contributed by atoms with Crippen molar-refractivity contribution in [3.63, 3.8) is 0 Å². The average Bonchev–Trinajstić information content (AvgIpc) is 1.98. The molecule has 0 atom stereocenters. The molecule has 0 nitrogen and oxygen atoms in total. The summed E-state index contributed by atoms with van der Waals surface area (Å²) in [5, 5.41) is 0. The molecule has 2 heteroatoms. The van der Waals surface area contributed by atoms with Crippen LogP contribution in [0.25, 0.3) is 0 Å². The van der Waals surface area contributed by atoms with Gasteiger partial charge in [0.15, 0.2) is 0 Å². The van der Waals surface area contributed by atoms with Crippen LogP contribution in [0.5, 0.6) is 0 Å². The summed E-state index contributed by atoms with van der Waals surface area (Å²) in [6.45, 7) is 16.2. The maximum atomic E-state index is 3.91. The van der Waals surface area contributed by atoms with Crippen molar-refractivity contribution in [3.05, 3.63) is 37.5 Å². The van der Waals surface area contributed by atoms with Crippen molar-refractivity contribution in [2.75, 3.05) is 0 Å². The molecule has 0 bridgehead atoms. The molecule has 80 valence electrons. The van der Waals surface area contributed by atoms with Gasteiger partial charge < -0.3 is 12.4 Å². The summed E-state index contributed by atoms with van der Waals surface area (Å²) < 4.78 is 0. The van der Waals surface area contributed by atoms with Crippen LogP contribution in [0.1, 0.15) is 40.5 Å². The van der Waals surface area contributed by atoms with E-state index >= 15 is 0 Å². The van der Waals surface area contributed by atoms with Gasteiger partial charge in [0.2, 0.25) is 0 Å². The zero-order chi connectivity index (χ0) is 9.72. The minimum absolute atomic E-state index is 0. The fourth-order valence-electron chi connectivity index (χ4n) is 0.802. The molecule has 0 aliphatic rings. The van der Waals surface area contributed by atoms with Crippen molar-refractivity contribution in [3.8, 4) is 0 Å². The molecular formula is C12H20ClRu+3. The Morgan fingerprint density at radius 3 is 1.14 bits per heavy atom. The smallest absolute Gasteiger partial charge is 1.00 e. The van der Waals surface area contributed by atoms with Crippen molar-refractivity contribution >= 4 is 0 Å². The van der Waals surface area contributed by atoms with Crippen LogP contribution >= 0.6 is 0 Å². The predicted octanol–water partition coefficient (Wildman–Crippen LogP) is 0.814. The molecule has 0 N–H and O–H groups in total. The third kappa shape index (κ3) is 9.47. The van der Waals surface area contributed by atoms with E-state index in [1.807, 2.05) is 0 Å². The first kappa shape index (κ1) is 20.3. The molecule has 14 heavy (non-hydrogen) atoms. The van der Waals surface area contributed by atoms with Crippen molar-refractivity contribution in [1.82, 2.24) is 0 Å². The number of halogens is 1. The molecule has 0 fully saturated rings. The Morgan fingerprint density at radius 1 is 0.786 bits per heavy atom. The van der Waals surface area contributed by atoms with Crippen LogP contribution in [0.2, 0.25) is 0 Å². The summed E-state index contributed by atoms with van der Waals surface area (Å²) >= 11 is 0. The van der Waals surface area contributed by atoms with E-state index in [9.17, 15) is 0 Å². The van der Waals surface area contributed by atoms with Crippen LogP contribution in [0.15, 0.2) is 0 Å². The molecule has 0 aliphatic heterocycles. The third-order valence-electron chi connectivity index (χ3n) is 2.33. The SMILES string of the molecule is [CH2][C](C)[C](C)CC[C](C)[C]([CH2])C.[Cl-].[Ru+4]. The normalized spacial score (nSPS) is 10.7. The molecule has 0 heterocycles. The molecule has 0 saturated heterocycles. The zero-order valence-corrected chi connectivity index (χ0v) is 12.1. The maximum Gasteiger partial charge on any atom is 4.00 e. The predicted molar refractivity (Wildman–Crippen MR) is 55.6 cm³/mol. The molecule has 0 aliphatic carbocycles. The van der Waals surface area contributed by atoms with Gasteiger partial charge in [-0.3, -0.25) is 0 Å². The zero-order valence-electron chi connectivity index (χ0n) is 9.56. The summed E-state index contributed by atoms with van der Waals surface area (Å²) in [4.78, 5) is 0. The molecule has 6 radical (unpaired) electrons. The van der Waals surface area contributed by atoms with Crippen molar-refractivity contribution in [1.29, 1.82) is 0 Å². The second kappa shape index (κ2) is 10.4. The van der Waals surface area contributed by atoms with E-state index < -0.39 is 0 Å². The van der Waals surface area contributed by atoms with E-state index in [0.717, 1.165) is 12.8 Å². The number of rotatable bonds is 5. The van der Waals surface area contributed by atoms with Gasteiger partial charge in [0, 0.05) is 0 Å². The van der Waals surface area contributed by atoms with Gasteiger partial charge in [0.25, 0.3) is 0 Å². The molecule has 0 aromatic carbocycles. The molecule has 0 aromatic heterocycles. The van der Waals surface area contributed by atoms with E-state index in [2.05, 4.69) is 41.5 Å². The van der Waals surface area contributed by atoms with Gasteiger partial charge in [-0.15, -0.1) is 0 Å². The quantitative estimate of drug-likeness (QED) is 0.659. The van der Waals surface area contributed by atoms with Crippen LogP contribution < -0.4 is 12.4 Å². The summed E-state index contributed by atoms with van der Waals surface area (Å²) in [5.74, 6) is 5.19. The standard InChI is InChI=1S/C12H20.ClH.Ru/c1-9(2)11(5)7-8-12(6)10(3)4;;/h1,3,7-8H2,2,4-6H3;1H;/q;;+4/p-1. The Hall–Kier alpha value is 0.913. The largest absolute Gasteiger partial charge is 4.00 e. The second-order valence-electron chi connectivity index (χ2n) is 3.62. The third-order valence-corrected chi connectivity index (χ3v) is 2.33. The summed E-state index contributed by atoms with van der Waals surface area (Å²) in [6.07, 6.45) is 2.24. The first-order valence-corrected chi connectivity index (χ1v) is 4.41. The Balaban J connectivity index is -0.000000605. The van der Waals surface area contributed by atoms with E-state index in [1.54, 1.807) is 0 Å². The van der Waals surface area contributed by atoms with Crippen LogP contribution in [0.3, 0.4) is 0 Å². The van der Waals surface area contributed by atoms with Crippen LogP contribution in [-0.2, 0) is 19.5 Å². The Morgan fingerprint density at radius 2 is 1.00 bits per heavy atom. The molecule has 0 spiro atoms. The van der Waals surface area contributed by atoms with Gasteiger partial charge in [-0.2, -0.15) is 0 Å². The Kier molecular flexibility index (Phi) is 15.2. The van der Waals surface area contributed by atoms with Crippen molar-refractivity contribution in [2.24, 2.45) is 0 Å². The van der Waals surface area contributed by atoms with Gasteiger partial charge in [0.05, 0.1) is 0 Å². The van der Waals surface area contributed by atoms with Gasteiger partial charge in [-0.05, 0) is 50.4 Å². The Labute approximate surface area is 110 Å². The molecular weight excluding hydrogens is 281 g/mol. The molecule has 0 saturated carbocycles. The van der Waals surface area contributed by atoms with Crippen LogP contribution in [0, 0.1) is 37.5 Å². The summed E-state index contributed by atoms with van der Waals surface area (Å²) in [7, 11) is 0. The fourth-order valence-corrected chi connectivity index (χ4v) is 0.802. The fraction of sp³-hybridized carbons (Fsp3) is 0.500. The minimum atomic E-state index is 0. The van der Waals surface area contributed by atoms with Gasteiger partial charge in [0.1, 0.15) is 0 Å². The number of hydrogen-bond acceptors (Lipinski definition) is 0. The second-order valence-corrected chi connectivity index (χ2v) is 3.62. The molecule has 0 aromatic rings. The molecule has 0 unspecified atom stereocenters. The monoisotopic (exact) mass is 301 g/mol. The molecule has 0 rings (SSSR count). The number of hydrogen-bond donors (Lipinski definition) is 0. The average molecular weight is 301 g/mol. The van der Waals surface area contributed by atoms with Crippen molar-refractivity contribution in [2.45, 2.75) is 40.5 Å².